The van der Waals surface area contributed by atoms with Crippen molar-refractivity contribution in [3.05, 3.63) is 51.0 Å². The van der Waals surface area contributed by atoms with E-state index in [-0.39, 0.29) is 6.10 Å². The number of hydrogen-bond acceptors (Lipinski definition) is 3. The van der Waals surface area contributed by atoms with Crippen LogP contribution in [0.3, 0.4) is 0 Å². The highest BCUT2D eigenvalue weighted by molar-refractivity contribution is 7.12. The largest absolute Gasteiger partial charge is 0.388 e. The summed E-state index contributed by atoms with van der Waals surface area (Å²) in [7, 11) is 0. The van der Waals surface area contributed by atoms with Gasteiger partial charge in [-0.25, -0.2) is 4.98 Å². The first kappa shape index (κ1) is 10.7. The van der Waals surface area contributed by atoms with E-state index in [1.54, 1.807) is 11.3 Å². The van der Waals surface area contributed by atoms with Crippen molar-refractivity contribution in [1.82, 2.24) is 4.98 Å². The third-order valence-corrected chi connectivity index (χ3v) is 5.40. The Balaban J connectivity index is 1.72. The van der Waals surface area contributed by atoms with Crippen LogP contribution < -0.4 is 0 Å². The van der Waals surface area contributed by atoms with E-state index in [0.717, 1.165) is 36.3 Å². The summed E-state index contributed by atoms with van der Waals surface area (Å²) in [6.45, 7) is 0. The van der Waals surface area contributed by atoms with Crippen LogP contribution in [0.1, 0.15) is 51.6 Å². The van der Waals surface area contributed by atoms with Gasteiger partial charge in [-0.3, -0.25) is 0 Å². The first-order valence-electron chi connectivity index (χ1n) is 6.58. The highest BCUT2D eigenvalue weighted by Crippen LogP contribution is 2.44. The van der Waals surface area contributed by atoms with Crippen molar-refractivity contribution < 1.29 is 5.11 Å². The van der Waals surface area contributed by atoms with Gasteiger partial charge in [-0.05, 0) is 36.8 Å². The summed E-state index contributed by atoms with van der Waals surface area (Å²) in [6, 6.07) is 8.62. The average Bonchev–Trinajstić information content (AvgIpc) is 2.76. The molecule has 0 saturated heterocycles. The van der Waals surface area contributed by atoms with Crippen molar-refractivity contribution in [2.75, 3.05) is 0 Å². The molecule has 0 bridgehead atoms. The first-order valence-corrected chi connectivity index (χ1v) is 7.40. The molecule has 2 nitrogen and oxygen atoms in total. The molecule has 1 aromatic carbocycles. The monoisotopic (exact) mass is 257 g/mol. The lowest BCUT2D eigenvalue weighted by molar-refractivity contribution is 0.160. The minimum atomic E-state index is -0.268. The van der Waals surface area contributed by atoms with Crippen LogP contribution >= 0.6 is 11.3 Å². The Hall–Kier alpha value is -1.19. The summed E-state index contributed by atoms with van der Waals surface area (Å²) in [5.74, 6) is 0.476. The molecule has 2 atom stereocenters. The molecule has 18 heavy (non-hydrogen) atoms. The van der Waals surface area contributed by atoms with E-state index >= 15 is 0 Å². The average molecular weight is 257 g/mol. The lowest BCUT2D eigenvalue weighted by Gasteiger charge is -2.28. The van der Waals surface area contributed by atoms with Gasteiger partial charge in [0.1, 0.15) is 5.01 Å². The van der Waals surface area contributed by atoms with Crippen molar-refractivity contribution in [2.24, 2.45) is 0 Å². The van der Waals surface area contributed by atoms with E-state index < -0.39 is 0 Å². The van der Waals surface area contributed by atoms with Gasteiger partial charge >= 0.3 is 0 Å². The molecule has 92 valence electrons. The molecule has 2 aromatic rings. The van der Waals surface area contributed by atoms with E-state index in [4.69, 9.17) is 4.98 Å². The van der Waals surface area contributed by atoms with Crippen molar-refractivity contribution in [3.8, 4) is 0 Å². The quantitative estimate of drug-likeness (QED) is 0.851. The van der Waals surface area contributed by atoms with Crippen LogP contribution in [0.5, 0.6) is 0 Å². The van der Waals surface area contributed by atoms with E-state index in [0.29, 0.717) is 5.92 Å². The van der Waals surface area contributed by atoms with E-state index in [2.05, 4.69) is 24.3 Å². The van der Waals surface area contributed by atoms with Crippen LogP contribution in [0.25, 0.3) is 0 Å². The molecule has 4 rings (SSSR count). The zero-order chi connectivity index (χ0) is 12.1. The van der Waals surface area contributed by atoms with Crippen LogP contribution in [0, 0.1) is 0 Å². The Morgan fingerprint density at radius 3 is 3.00 bits per heavy atom. The van der Waals surface area contributed by atoms with Crippen LogP contribution in [-0.2, 0) is 12.8 Å². The highest BCUT2D eigenvalue weighted by Gasteiger charge is 2.32. The number of aryl methyl sites for hydroxylation is 1. The second-order valence-electron chi connectivity index (χ2n) is 5.23. The molecule has 0 fully saturated rings. The topological polar surface area (TPSA) is 33.1 Å². The predicted molar refractivity (Wildman–Crippen MR) is 72.0 cm³/mol. The zero-order valence-corrected chi connectivity index (χ0v) is 10.9. The van der Waals surface area contributed by atoms with Crippen LogP contribution in [0.15, 0.2) is 24.3 Å². The van der Waals surface area contributed by atoms with Gasteiger partial charge in [-0.15, -0.1) is 11.3 Å². The Morgan fingerprint density at radius 2 is 2.17 bits per heavy atom. The molecule has 2 unspecified atom stereocenters. The summed E-state index contributed by atoms with van der Waals surface area (Å²) < 4.78 is 0. The lowest BCUT2D eigenvalue weighted by atomic mass is 9.78. The van der Waals surface area contributed by atoms with Gasteiger partial charge in [0.2, 0.25) is 0 Å². The summed E-state index contributed by atoms with van der Waals surface area (Å²) >= 11 is 1.73. The standard InChI is InChI=1S/C15H15NOS/c17-13-7-3-6-12-14(13)18-15(16-12)11-8-9-4-1-2-5-10(9)11/h1-2,4-5,11,13,17H,3,6-8H2. The van der Waals surface area contributed by atoms with E-state index in [1.807, 2.05) is 0 Å². The maximum absolute atomic E-state index is 10.0. The Morgan fingerprint density at radius 1 is 1.28 bits per heavy atom. The van der Waals surface area contributed by atoms with Gasteiger partial charge in [0.05, 0.1) is 16.7 Å². The van der Waals surface area contributed by atoms with E-state index in [9.17, 15) is 5.11 Å². The second kappa shape index (κ2) is 3.90. The zero-order valence-electron chi connectivity index (χ0n) is 10.1. The van der Waals surface area contributed by atoms with Gasteiger partial charge in [0, 0.05) is 5.92 Å². The Bertz CT molecular complexity index is 604. The van der Waals surface area contributed by atoms with Gasteiger partial charge in [0.25, 0.3) is 0 Å². The van der Waals surface area contributed by atoms with Gasteiger partial charge < -0.3 is 5.11 Å². The number of hydrogen-bond donors (Lipinski definition) is 1. The van der Waals surface area contributed by atoms with Crippen LogP contribution in [0.4, 0.5) is 0 Å². The van der Waals surface area contributed by atoms with Gasteiger partial charge in [-0.2, -0.15) is 0 Å². The van der Waals surface area contributed by atoms with E-state index in [1.165, 1.54) is 16.1 Å². The molecule has 0 spiro atoms. The summed E-state index contributed by atoms with van der Waals surface area (Å²) in [5.41, 5.74) is 4.03. The van der Waals surface area contributed by atoms with Crippen molar-refractivity contribution in [2.45, 2.75) is 37.7 Å². The molecule has 0 saturated carbocycles. The maximum atomic E-state index is 10.0. The maximum Gasteiger partial charge on any atom is 0.101 e. The Labute approximate surface area is 110 Å². The van der Waals surface area contributed by atoms with Crippen molar-refractivity contribution in [3.63, 3.8) is 0 Å². The highest BCUT2D eigenvalue weighted by atomic mass is 32.1. The minimum Gasteiger partial charge on any atom is -0.388 e. The number of aliphatic hydroxyl groups excluding tert-OH is 1. The summed E-state index contributed by atoms with van der Waals surface area (Å²) in [4.78, 5) is 5.91. The number of nitrogens with zero attached hydrogens (tertiary/aromatic N) is 1. The molecule has 3 heteroatoms. The molecule has 1 heterocycles. The number of aliphatic hydroxyl groups is 1. The third kappa shape index (κ3) is 1.47. The first-order chi connectivity index (χ1) is 8.83. The molecule has 1 aromatic heterocycles. The minimum absolute atomic E-state index is 0.268. The number of benzene rings is 1. The fourth-order valence-electron chi connectivity index (χ4n) is 3.04. The molecular weight excluding hydrogens is 242 g/mol. The fourth-order valence-corrected chi connectivity index (χ4v) is 4.30. The lowest BCUT2D eigenvalue weighted by Crippen LogP contribution is -2.17. The summed E-state index contributed by atoms with van der Waals surface area (Å²) in [5, 5.41) is 11.2. The van der Waals surface area contributed by atoms with Crippen molar-refractivity contribution >= 4 is 11.3 Å². The molecule has 2 aliphatic carbocycles. The number of fused-ring (bicyclic) bond motifs is 2. The molecule has 0 radical (unpaired) electrons. The normalized spacial score (nSPS) is 25.2. The molecule has 0 aliphatic heterocycles. The van der Waals surface area contributed by atoms with Crippen LogP contribution in [0.2, 0.25) is 0 Å². The fraction of sp³-hybridized carbons (Fsp3) is 0.400. The molecule has 2 aliphatic rings. The number of aromatic nitrogens is 1. The number of rotatable bonds is 1. The molecular formula is C15H15NOS. The Kier molecular flexibility index (Phi) is 2.32. The van der Waals surface area contributed by atoms with Gasteiger partial charge in [0.15, 0.2) is 0 Å². The van der Waals surface area contributed by atoms with Crippen LogP contribution in [-0.4, -0.2) is 10.1 Å². The molecule has 1 N–H and O–H groups in total. The molecule has 0 amide bonds. The predicted octanol–water partition coefficient (Wildman–Crippen LogP) is 3.20. The van der Waals surface area contributed by atoms with Crippen molar-refractivity contribution in [1.29, 1.82) is 0 Å². The second-order valence-corrected chi connectivity index (χ2v) is 6.29. The SMILES string of the molecule is OC1CCCc2nc(C3Cc4ccccc43)sc21. The smallest absolute Gasteiger partial charge is 0.101 e. The third-order valence-electron chi connectivity index (χ3n) is 4.09. The van der Waals surface area contributed by atoms with Gasteiger partial charge in [-0.1, -0.05) is 24.3 Å². The number of thiazole rings is 1. The summed E-state index contributed by atoms with van der Waals surface area (Å²) in [6.07, 6.45) is 3.85.